The van der Waals surface area contributed by atoms with Crippen LogP contribution in [0.2, 0.25) is 0 Å². The Hall–Kier alpha value is -2.45. The third-order valence-corrected chi connectivity index (χ3v) is 5.22. The third-order valence-electron chi connectivity index (χ3n) is 5.22. The average molecular weight is 381 g/mol. The minimum absolute atomic E-state index is 0.0733. The average Bonchev–Trinajstić information content (AvgIpc) is 2.63. The normalized spacial score (nSPS) is 22.4. The second-order valence-electron chi connectivity index (χ2n) is 7.09. The van der Waals surface area contributed by atoms with Crippen LogP contribution in [0.15, 0.2) is 29.0 Å². The van der Waals surface area contributed by atoms with Crippen molar-refractivity contribution in [3.05, 3.63) is 35.6 Å². The largest absolute Gasteiger partial charge is 0.433 e. The monoisotopic (exact) mass is 381 g/mol. The van der Waals surface area contributed by atoms with E-state index in [0.29, 0.717) is 12.8 Å². The van der Waals surface area contributed by atoms with Crippen LogP contribution in [0.3, 0.4) is 0 Å². The van der Waals surface area contributed by atoms with Gasteiger partial charge in [-0.25, -0.2) is 9.97 Å². The first-order chi connectivity index (χ1) is 12.7. The lowest BCUT2D eigenvalue weighted by atomic mass is 9.68. The third kappa shape index (κ3) is 3.96. The lowest BCUT2D eigenvalue weighted by molar-refractivity contribution is -0.141. The van der Waals surface area contributed by atoms with Gasteiger partial charge in [-0.2, -0.15) is 13.2 Å². The van der Waals surface area contributed by atoms with Gasteiger partial charge in [-0.15, -0.1) is 0 Å². The van der Waals surface area contributed by atoms with Gasteiger partial charge >= 0.3 is 6.18 Å². The Labute approximate surface area is 155 Å². The molecule has 2 heterocycles. The van der Waals surface area contributed by atoms with E-state index in [1.54, 1.807) is 18.2 Å². The van der Waals surface area contributed by atoms with Crippen LogP contribution in [0.1, 0.15) is 50.0 Å². The van der Waals surface area contributed by atoms with Crippen molar-refractivity contribution in [3.63, 3.8) is 0 Å². The molecule has 3 rings (SSSR count). The number of hydrogen-bond acceptors (Lipinski definition) is 5. The summed E-state index contributed by atoms with van der Waals surface area (Å²) in [6.07, 6.45) is 3.86. The summed E-state index contributed by atoms with van der Waals surface area (Å²) in [6, 6.07) is 0.887. The molecule has 0 spiro atoms. The Morgan fingerprint density at radius 3 is 2.63 bits per heavy atom. The first-order valence-corrected chi connectivity index (χ1v) is 8.89. The van der Waals surface area contributed by atoms with Gasteiger partial charge < -0.3 is 10.6 Å². The zero-order chi connectivity index (χ0) is 19.7. The van der Waals surface area contributed by atoms with Gasteiger partial charge in [-0.3, -0.25) is 9.79 Å². The second kappa shape index (κ2) is 7.28. The molecule has 1 aromatic rings. The van der Waals surface area contributed by atoms with E-state index in [4.69, 9.17) is 5.73 Å². The van der Waals surface area contributed by atoms with Crippen LogP contribution < -0.4 is 5.73 Å². The van der Waals surface area contributed by atoms with Crippen LogP contribution in [0, 0.1) is 0 Å². The van der Waals surface area contributed by atoms with Crippen molar-refractivity contribution in [2.24, 2.45) is 10.7 Å². The molecule has 1 unspecified atom stereocenters. The van der Waals surface area contributed by atoms with Crippen LogP contribution in [-0.4, -0.2) is 40.2 Å². The molecular formula is C18H22F3N5O. The predicted octanol–water partition coefficient (Wildman–Crippen LogP) is 2.80. The van der Waals surface area contributed by atoms with Gasteiger partial charge in [0.25, 0.3) is 0 Å². The molecule has 1 atom stereocenters. The zero-order valence-corrected chi connectivity index (χ0v) is 15.0. The SMILES string of the molecule is CN1C=C(C2(c3nccc(C(F)(F)F)n3)CCCCC2)C=NC1CC(N)=O. The molecule has 1 aromatic heterocycles. The molecule has 1 saturated carbocycles. The zero-order valence-electron chi connectivity index (χ0n) is 15.0. The lowest BCUT2D eigenvalue weighted by Crippen LogP contribution is -2.40. The van der Waals surface area contributed by atoms with Gasteiger partial charge in [0.1, 0.15) is 17.7 Å². The van der Waals surface area contributed by atoms with Gasteiger partial charge in [0.05, 0.1) is 11.8 Å². The number of allylic oxidation sites excluding steroid dienone is 1. The van der Waals surface area contributed by atoms with Crippen LogP contribution in [-0.2, 0) is 16.4 Å². The predicted molar refractivity (Wildman–Crippen MR) is 93.7 cm³/mol. The molecule has 1 aliphatic heterocycles. The first-order valence-electron chi connectivity index (χ1n) is 8.89. The summed E-state index contributed by atoms with van der Waals surface area (Å²) in [5, 5.41) is 0. The molecule has 0 radical (unpaired) electrons. The number of nitrogens with two attached hydrogens (primary N) is 1. The highest BCUT2D eigenvalue weighted by molar-refractivity contribution is 5.84. The van der Waals surface area contributed by atoms with Gasteiger partial charge in [0.2, 0.25) is 5.91 Å². The fourth-order valence-electron chi connectivity index (χ4n) is 3.78. The number of halogens is 3. The summed E-state index contributed by atoms with van der Waals surface area (Å²) in [6.45, 7) is 0. The Morgan fingerprint density at radius 1 is 1.33 bits per heavy atom. The molecule has 9 heteroatoms. The summed E-state index contributed by atoms with van der Waals surface area (Å²) >= 11 is 0. The summed E-state index contributed by atoms with van der Waals surface area (Å²) in [4.78, 5) is 25.4. The Morgan fingerprint density at radius 2 is 2.04 bits per heavy atom. The highest BCUT2D eigenvalue weighted by Crippen LogP contribution is 2.44. The minimum atomic E-state index is -4.52. The van der Waals surface area contributed by atoms with Crippen LogP contribution in [0.5, 0.6) is 0 Å². The summed E-state index contributed by atoms with van der Waals surface area (Å²) in [7, 11) is 1.77. The fourth-order valence-corrected chi connectivity index (χ4v) is 3.78. The first kappa shape index (κ1) is 19.3. The van der Waals surface area contributed by atoms with Crippen molar-refractivity contribution in [3.8, 4) is 0 Å². The van der Waals surface area contributed by atoms with E-state index in [0.717, 1.165) is 30.9 Å². The van der Waals surface area contributed by atoms with Gasteiger partial charge in [-0.05, 0) is 24.5 Å². The van der Waals surface area contributed by atoms with Crippen LogP contribution >= 0.6 is 0 Å². The summed E-state index contributed by atoms with van der Waals surface area (Å²) in [5.74, 6) is -0.286. The molecular weight excluding hydrogens is 359 g/mol. The Bertz CT molecular complexity index is 769. The van der Waals surface area contributed by atoms with Crippen molar-refractivity contribution < 1.29 is 18.0 Å². The minimum Gasteiger partial charge on any atom is -0.370 e. The molecule has 0 aromatic carbocycles. The lowest BCUT2D eigenvalue weighted by Gasteiger charge is -2.39. The highest BCUT2D eigenvalue weighted by atomic mass is 19.4. The number of amides is 1. The van der Waals surface area contributed by atoms with E-state index in [-0.39, 0.29) is 12.2 Å². The number of aromatic nitrogens is 2. The van der Waals surface area contributed by atoms with Crippen LogP contribution in [0.25, 0.3) is 0 Å². The molecule has 1 aliphatic carbocycles. The molecule has 146 valence electrons. The van der Waals surface area contributed by atoms with Gasteiger partial charge in [0.15, 0.2) is 0 Å². The standard InChI is InChI=1S/C18H22F3N5O/c1-26-11-12(10-24-15(26)9-14(22)27)17(6-3-2-4-7-17)16-23-8-5-13(25-16)18(19,20)21/h5,8,10-11,15H,2-4,6-7,9H2,1H3,(H2,22,27). The van der Waals surface area contributed by atoms with Crippen molar-refractivity contribution >= 4 is 12.1 Å². The Kier molecular flexibility index (Phi) is 5.21. The molecule has 0 bridgehead atoms. The van der Waals surface area contributed by atoms with Crippen molar-refractivity contribution in [2.75, 3.05) is 7.05 Å². The number of rotatable bonds is 4. The number of carbonyl (C=O) groups excluding carboxylic acids is 1. The summed E-state index contributed by atoms with van der Waals surface area (Å²) in [5.41, 5.74) is 4.37. The smallest absolute Gasteiger partial charge is 0.370 e. The maximum Gasteiger partial charge on any atom is 0.433 e. The summed E-state index contributed by atoms with van der Waals surface area (Å²) < 4.78 is 39.5. The van der Waals surface area contributed by atoms with Crippen molar-refractivity contribution in [1.82, 2.24) is 14.9 Å². The molecule has 1 amide bonds. The number of carbonyl (C=O) groups is 1. The number of nitrogens with zero attached hydrogens (tertiary/aromatic N) is 4. The van der Waals surface area contributed by atoms with E-state index in [1.807, 2.05) is 6.20 Å². The molecule has 27 heavy (non-hydrogen) atoms. The molecule has 1 fully saturated rings. The number of hydrogen-bond donors (Lipinski definition) is 1. The number of primary amides is 1. The van der Waals surface area contributed by atoms with Gasteiger partial charge in [0, 0.05) is 25.7 Å². The topological polar surface area (TPSA) is 84.5 Å². The molecule has 6 nitrogen and oxygen atoms in total. The highest BCUT2D eigenvalue weighted by Gasteiger charge is 2.43. The second-order valence-corrected chi connectivity index (χ2v) is 7.09. The van der Waals surface area contributed by atoms with E-state index < -0.39 is 29.4 Å². The number of alkyl halides is 3. The molecule has 0 saturated heterocycles. The van der Waals surface area contributed by atoms with E-state index in [1.165, 1.54) is 6.20 Å². The quantitative estimate of drug-likeness (QED) is 0.869. The fraction of sp³-hybridized carbons (Fsp3) is 0.556. The Balaban J connectivity index is 2.00. The molecule has 2 aliphatic rings. The van der Waals surface area contributed by atoms with Crippen molar-refractivity contribution in [2.45, 2.75) is 56.3 Å². The van der Waals surface area contributed by atoms with Crippen LogP contribution in [0.4, 0.5) is 13.2 Å². The maximum atomic E-state index is 13.2. The van der Waals surface area contributed by atoms with Gasteiger partial charge in [-0.1, -0.05) is 19.3 Å². The van der Waals surface area contributed by atoms with E-state index >= 15 is 0 Å². The maximum absolute atomic E-state index is 13.2. The molecule has 2 N–H and O–H groups in total. The van der Waals surface area contributed by atoms with E-state index in [2.05, 4.69) is 15.0 Å². The van der Waals surface area contributed by atoms with Crippen molar-refractivity contribution in [1.29, 1.82) is 0 Å². The van der Waals surface area contributed by atoms with E-state index in [9.17, 15) is 18.0 Å². The number of aliphatic imine (C=N–C) groups is 1.